The van der Waals surface area contributed by atoms with Crippen molar-refractivity contribution < 1.29 is 43.7 Å². The van der Waals surface area contributed by atoms with Gasteiger partial charge in [0, 0.05) is 15.7 Å². The van der Waals surface area contributed by atoms with Gasteiger partial charge in [0.15, 0.2) is 0 Å². The summed E-state index contributed by atoms with van der Waals surface area (Å²) in [6.45, 7) is 4.42. The predicted octanol–water partition coefficient (Wildman–Crippen LogP) is 9.58. The third-order valence-corrected chi connectivity index (χ3v) is 3.46. The van der Waals surface area contributed by atoms with Gasteiger partial charge in [0.05, 0.1) is 0 Å². The minimum Gasteiger partial charge on any atom is -0.358 e. The fourth-order valence-electron chi connectivity index (χ4n) is 2.09. The van der Waals surface area contributed by atoms with Crippen LogP contribution in [0, 0.1) is 40.5 Å². The number of halogens is 8. The number of hydrogen-bond acceptors (Lipinski definition) is 1. The summed E-state index contributed by atoms with van der Waals surface area (Å²) < 4.78 is 71.8. The number of alkyl halides is 6. The molecule has 1 aliphatic carbocycles. The molecule has 38 heavy (non-hydrogen) atoms. The monoisotopic (exact) mass is 634 g/mol. The predicted molar refractivity (Wildman–Crippen MR) is 150 cm³/mol. The van der Waals surface area contributed by atoms with Crippen molar-refractivity contribution in [2.24, 2.45) is 0 Å². The van der Waals surface area contributed by atoms with Gasteiger partial charge in [-0.25, -0.2) is 12.2 Å². The van der Waals surface area contributed by atoms with Gasteiger partial charge in [-0.3, -0.25) is 11.1 Å². The Hall–Kier alpha value is -1.76. The minimum absolute atomic E-state index is 0. The zero-order chi connectivity index (χ0) is 24.0. The van der Waals surface area contributed by atoms with E-state index in [-0.39, 0.29) is 70.5 Å². The van der Waals surface area contributed by atoms with Crippen molar-refractivity contribution in [2.45, 2.75) is 31.9 Å². The molecule has 1 radical (unpaired) electrons. The first kappa shape index (κ1) is 49.2. The molecule has 0 amide bonds. The fourth-order valence-corrected chi connectivity index (χ4v) is 2.09. The van der Waals surface area contributed by atoms with Gasteiger partial charge in [0.25, 0.3) is 0 Å². The average Bonchev–Trinajstić information content (AvgIpc) is 3.34. The Bertz CT molecular complexity index is 908. The molecule has 1 heterocycles. The van der Waals surface area contributed by atoms with E-state index in [9.17, 15) is 26.3 Å². The fraction of sp³-hybridized carbons (Fsp3) is 0.185. The van der Waals surface area contributed by atoms with Crippen LogP contribution in [-0.4, -0.2) is 14.5 Å². The van der Waals surface area contributed by atoms with Crippen molar-refractivity contribution in [2.75, 3.05) is 0 Å². The number of nitrogens with zero attached hydrogens (tertiary/aromatic N) is 1. The van der Waals surface area contributed by atoms with Crippen LogP contribution >= 0.6 is 24.8 Å². The second kappa shape index (κ2) is 25.5. The topological polar surface area (TPSA) is 12.9 Å². The number of pyridine rings is 1. The normalized spacial score (nSPS) is 10.2. The SMILES string of the molecule is C[SiH]C.Cl.Cl.FC(F)(F)c1c[c-]cc(C(F)(F)F)c1.[C-]1=CC=CC1.[CH3-].[CH3-].[CH3-].[Cr+6].[c-]1cccc2cccnc12. The van der Waals surface area contributed by atoms with Gasteiger partial charge in [-0.15, -0.1) is 48.8 Å². The minimum atomic E-state index is -4.78. The molecule has 1 nitrogen and oxygen atoms in total. The second-order valence-corrected chi connectivity index (χ2v) is 7.35. The molecule has 0 spiro atoms. The van der Waals surface area contributed by atoms with Gasteiger partial charge in [-0.05, 0) is 5.52 Å². The molecule has 4 rings (SSSR count). The molecule has 0 atom stereocenters. The molecule has 211 valence electrons. The molecule has 0 aliphatic heterocycles. The van der Waals surface area contributed by atoms with Crippen LogP contribution in [0.1, 0.15) is 17.5 Å². The molecule has 0 fully saturated rings. The molecule has 11 heteroatoms. The van der Waals surface area contributed by atoms with Crippen LogP contribution in [0.4, 0.5) is 26.3 Å². The summed E-state index contributed by atoms with van der Waals surface area (Å²) in [5.41, 5.74) is -1.77. The van der Waals surface area contributed by atoms with Crippen molar-refractivity contribution in [3.63, 3.8) is 0 Å². The summed E-state index contributed by atoms with van der Waals surface area (Å²) in [6, 6.07) is 15.6. The van der Waals surface area contributed by atoms with Gasteiger partial charge >= 0.3 is 29.7 Å². The van der Waals surface area contributed by atoms with Crippen molar-refractivity contribution in [1.82, 2.24) is 4.98 Å². The number of fused-ring (bicyclic) bond motifs is 1. The smallest absolute Gasteiger partial charge is 0.358 e. The van der Waals surface area contributed by atoms with Crippen LogP contribution in [0.5, 0.6) is 0 Å². The second-order valence-electron chi connectivity index (χ2n) is 6.20. The Morgan fingerprint density at radius 3 is 1.74 bits per heavy atom. The first-order valence-corrected chi connectivity index (χ1v) is 11.7. The number of hydrogen-bond donors (Lipinski definition) is 0. The molecule has 0 N–H and O–H groups in total. The van der Waals surface area contributed by atoms with E-state index >= 15 is 0 Å². The Balaban J connectivity index is -0.0000000948. The third-order valence-electron chi connectivity index (χ3n) is 3.46. The van der Waals surface area contributed by atoms with Crippen LogP contribution < -0.4 is 0 Å². The maximum atomic E-state index is 12.0. The largest absolute Gasteiger partial charge is 6.00 e. The van der Waals surface area contributed by atoms with Crippen LogP contribution in [0.15, 0.2) is 73.0 Å². The van der Waals surface area contributed by atoms with Crippen molar-refractivity contribution in [3.8, 4) is 0 Å². The van der Waals surface area contributed by atoms with Gasteiger partial charge < -0.3 is 22.3 Å². The summed E-state index contributed by atoms with van der Waals surface area (Å²) >= 11 is 0. The maximum Gasteiger partial charge on any atom is 6.00 e. The summed E-state index contributed by atoms with van der Waals surface area (Å²) in [4.78, 5) is 4.13. The summed E-state index contributed by atoms with van der Waals surface area (Å²) in [6.07, 6.45) is 2.22. The van der Waals surface area contributed by atoms with E-state index in [1.165, 1.54) is 0 Å². The summed E-state index contributed by atoms with van der Waals surface area (Å²) in [7, 11) is 0.750. The van der Waals surface area contributed by atoms with Gasteiger partial charge in [0.2, 0.25) is 0 Å². The zero-order valence-electron chi connectivity index (χ0n) is 21.7. The molecule has 2 aromatic carbocycles. The molecule has 0 unspecified atom stereocenters. The standard InChI is InChI=1S/C9H6N.C8H3F6.C5H5.C2H7Si.3CH3.2ClH.Cr/c1-2-6-9-8(4-1)5-3-7-10-9;9-7(10,11)5-2-1-3-6(4-5)8(12,13)14;1-2-4-5-3-1;1-3-2;;;;;;/h1-5,7H;2-4H;1-3H,4H2;3H,1-2H3;3*1H3;2*1H;/q3*-1;;3*-1;;;+6. The summed E-state index contributed by atoms with van der Waals surface area (Å²) in [5, 5.41) is 1.14. The van der Waals surface area contributed by atoms with Gasteiger partial charge in [0.1, 0.15) is 0 Å². The molecule has 1 aliphatic rings. The first-order valence-electron chi connectivity index (χ1n) is 9.42. The van der Waals surface area contributed by atoms with Crippen LogP contribution in [0.2, 0.25) is 13.1 Å². The molecule has 3 aromatic rings. The van der Waals surface area contributed by atoms with Crippen molar-refractivity contribution >= 4 is 45.2 Å². The molecule has 0 saturated heterocycles. The zero-order valence-corrected chi connectivity index (χ0v) is 25.7. The molecular formula is C27H32Cl2CrF6NSi. The molecule has 0 bridgehead atoms. The van der Waals surface area contributed by atoms with E-state index in [1.807, 2.05) is 42.5 Å². The summed E-state index contributed by atoms with van der Waals surface area (Å²) in [5.74, 6) is 0. The Morgan fingerprint density at radius 1 is 0.868 bits per heavy atom. The van der Waals surface area contributed by atoms with E-state index in [4.69, 9.17) is 0 Å². The van der Waals surface area contributed by atoms with E-state index in [0.29, 0.717) is 12.1 Å². The van der Waals surface area contributed by atoms with Crippen molar-refractivity contribution in [3.05, 3.63) is 125 Å². The Morgan fingerprint density at radius 2 is 1.37 bits per heavy atom. The number of rotatable bonds is 0. The van der Waals surface area contributed by atoms with E-state index in [1.54, 1.807) is 12.3 Å². The van der Waals surface area contributed by atoms with E-state index in [0.717, 1.165) is 26.8 Å². The third kappa shape index (κ3) is 20.2. The Labute approximate surface area is 249 Å². The number of aromatic nitrogens is 1. The number of allylic oxidation sites excluding steroid dienone is 4. The maximum absolute atomic E-state index is 12.0. The van der Waals surface area contributed by atoms with Crippen LogP contribution in [0.3, 0.4) is 0 Å². The average molecular weight is 636 g/mol. The van der Waals surface area contributed by atoms with Crippen LogP contribution in [0.25, 0.3) is 10.9 Å². The quantitative estimate of drug-likeness (QED) is 0.136. The van der Waals surface area contributed by atoms with E-state index < -0.39 is 23.5 Å². The first-order chi connectivity index (χ1) is 15.1. The number of benzene rings is 2. The Kier molecular flexibility index (Phi) is 33.0. The van der Waals surface area contributed by atoms with E-state index in [2.05, 4.69) is 36.3 Å². The molecule has 0 saturated carbocycles. The van der Waals surface area contributed by atoms with Gasteiger partial charge in [-0.1, -0.05) is 30.3 Å². The number of para-hydroxylation sites is 1. The van der Waals surface area contributed by atoms with Crippen LogP contribution in [-0.2, 0) is 29.7 Å². The van der Waals surface area contributed by atoms with Gasteiger partial charge in [-0.2, -0.15) is 74.9 Å². The molecular weight excluding hydrogens is 603 g/mol. The molecule has 1 aromatic heterocycles. The van der Waals surface area contributed by atoms with Crippen molar-refractivity contribution in [1.29, 1.82) is 0 Å².